The van der Waals surface area contributed by atoms with E-state index in [0.29, 0.717) is 29.0 Å². The van der Waals surface area contributed by atoms with E-state index in [-0.39, 0.29) is 4.90 Å². The fraction of sp³-hybridized carbons (Fsp3) is 0.211. The largest absolute Gasteiger partial charge is 0.310 e. The Bertz CT molecular complexity index is 1020. The molecule has 3 rings (SSSR count). The molecule has 2 N–H and O–H groups in total. The van der Waals surface area contributed by atoms with Crippen LogP contribution in [0, 0.1) is 0 Å². The van der Waals surface area contributed by atoms with Crippen LogP contribution >= 0.6 is 11.6 Å². The summed E-state index contributed by atoms with van der Waals surface area (Å²) in [7, 11) is -3.72. The maximum Gasteiger partial charge on any atom is 0.261 e. The lowest BCUT2D eigenvalue weighted by molar-refractivity contribution is 0.589. The maximum absolute atomic E-state index is 12.7. The fourth-order valence-corrected chi connectivity index (χ4v) is 3.75. The maximum atomic E-state index is 12.7. The van der Waals surface area contributed by atoms with Crippen LogP contribution in [0.5, 0.6) is 0 Å². The average molecular weight is 405 g/mol. The van der Waals surface area contributed by atoms with Gasteiger partial charge in [-0.25, -0.2) is 13.1 Å². The molecule has 0 atom stereocenters. The summed E-state index contributed by atoms with van der Waals surface area (Å²) in [5.41, 5.74) is 1.94. The molecule has 0 amide bonds. The highest BCUT2D eigenvalue weighted by molar-refractivity contribution is 7.92. The minimum atomic E-state index is -3.72. The van der Waals surface area contributed by atoms with E-state index in [4.69, 9.17) is 11.6 Å². The van der Waals surface area contributed by atoms with Gasteiger partial charge in [0.05, 0.1) is 22.5 Å². The molecular formula is C19H21ClN4O2S. The van der Waals surface area contributed by atoms with Crippen LogP contribution in [-0.4, -0.2) is 24.2 Å². The molecular weight excluding hydrogens is 384 g/mol. The zero-order chi connectivity index (χ0) is 19.4. The Morgan fingerprint density at radius 3 is 2.59 bits per heavy atom. The number of benzene rings is 2. The molecule has 27 heavy (non-hydrogen) atoms. The number of nitrogens with one attached hydrogen (secondary N) is 2. The van der Waals surface area contributed by atoms with Crippen molar-refractivity contribution < 1.29 is 8.42 Å². The Morgan fingerprint density at radius 2 is 1.89 bits per heavy atom. The van der Waals surface area contributed by atoms with E-state index in [0.717, 1.165) is 5.56 Å². The van der Waals surface area contributed by atoms with Crippen molar-refractivity contribution in [3.05, 3.63) is 71.5 Å². The molecule has 0 saturated carbocycles. The van der Waals surface area contributed by atoms with Gasteiger partial charge in [-0.05, 0) is 30.3 Å². The minimum absolute atomic E-state index is 0.188. The third-order valence-electron chi connectivity index (χ3n) is 3.85. The number of rotatable bonds is 7. The molecule has 0 aliphatic rings. The summed E-state index contributed by atoms with van der Waals surface area (Å²) in [5, 5.41) is 8.16. The van der Waals surface area contributed by atoms with Crippen LogP contribution in [0.2, 0.25) is 5.02 Å². The number of hydrogen-bond acceptors (Lipinski definition) is 4. The summed E-state index contributed by atoms with van der Waals surface area (Å²) in [6.45, 7) is 4.80. The average Bonchev–Trinajstić information content (AvgIpc) is 3.11. The highest BCUT2D eigenvalue weighted by Gasteiger charge is 2.17. The van der Waals surface area contributed by atoms with Gasteiger partial charge in [-0.2, -0.15) is 5.10 Å². The molecule has 0 spiro atoms. The van der Waals surface area contributed by atoms with Crippen molar-refractivity contribution in [1.29, 1.82) is 0 Å². The lowest BCUT2D eigenvalue weighted by Gasteiger charge is -2.13. The van der Waals surface area contributed by atoms with E-state index < -0.39 is 10.0 Å². The molecule has 0 fully saturated rings. The molecule has 3 aromatic rings. The molecule has 0 radical (unpaired) electrons. The van der Waals surface area contributed by atoms with Crippen molar-refractivity contribution in [2.24, 2.45) is 0 Å². The van der Waals surface area contributed by atoms with Crippen LogP contribution in [0.25, 0.3) is 5.69 Å². The first-order valence-electron chi connectivity index (χ1n) is 8.50. The Kier molecular flexibility index (Phi) is 5.84. The van der Waals surface area contributed by atoms with E-state index in [1.807, 2.05) is 6.20 Å². The van der Waals surface area contributed by atoms with Crippen molar-refractivity contribution in [3.8, 4) is 5.69 Å². The molecule has 0 bridgehead atoms. The molecule has 142 valence electrons. The van der Waals surface area contributed by atoms with Crippen LogP contribution in [0.3, 0.4) is 0 Å². The van der Waals surface area contributed by atoms with Gasteiger partial charge >= 0.3 is 0 Å². The van der Waals surface area contributed by atoms with Crippen LogP contribution < -0.4 is 10.0 Å². The predicted molar refractivity (Wildman–Crippen MR) is 108 cm³/mol. The summed E-state index contributed by atoms with van der Waals surface area (Å²) in [6.07, 6.45) is 3.59. The second-order valence-electron chi connectivity index (χ2n) is 6.41. The molecule has 0 aliphatic carbocycles. The normalized spacial score (nSPS) is 11.7. The smallest absolute Gasteiger partial charge is 0.261 e. The first-order chi connectivity index (χ1) is 12.8. The van der Waals surface area contributed by atoms with Gasteiger partial charge < -0.3 is 5.32 Å². The highest BCUT2D eigenvalue weighted by atomic mass is 35.5. The summed E-state index contributed by atoms with van der Waals surface area (Å²) in [6, 6.07) is 13.5. The molecule has 1 heterocycles. The topological polar surface area (TPSA) is 76.0 Å². The second-order valence-corrected chi connectivity index (χ2v) is 8.53. The Balaban J connectivity index is 1.92. The molecule has 6 nitrogen and oxygen atoms in total. The lowest BCUT2D eigenvalue weighted by Crippen LogP contribution is -2.21. The number of nitrogens with zero attached hydrogens (tertiary/aromatic N) is 2. The van der Waals surface area contributed by atoms with Crippen molar-refractivity contribution in [2.45, 2.75) is 31.3 Å². The van der Waals surface area contributed by atoms with E-state index in [9.17, 15) is 8.42 Å². The number of halogens is 1. The van der Waals surface area contributed by atoms with E-state index in [1.54, 1.807) is 59.4 Å². The van der Waals surface area contributed by atoms with Crippen LogP contribution in [0.4, 0.5) is 5.69 Å². The summed E-state index contributed by atoms with van der Waals surface area (Å²) < 4.78 is 29.6. The van der Waals surface area contributed by atoms with Gasteiger partial charge in [-0.3, -0.25) is 4.72 Å². The fourth-order valence-electron chi connectivity index (χ4n) is 2.49. The van der Waals surface area contributed by atoms with Crippen LogP contribution in [0.15, 0.2) is 65.8 Å². The van der Waals surface area contributed by atoms with Gasteiger partial charge in [0, 0.05) is 29.4 Å². The number of aromatic nitrogens is 2. The Labute approximate surface area is 164 Å². The zero-order valence-corrected chi connectivity index (χ0v) is 16.6. The number of anilines is 1. The summed E-state index contributed by atoms with van der Waals surface area (Å²) in [4.78, 5) is 0.188. The predicted octanol–water partition coefficient (Wildman–Crippen LogP) is 3.82. The summed E-state index contributed by atoms with van der Waals surface area (Å²) >= 11 is 6.13. The standard InChI is InChI=1S/C19H21ClN4O2S/c1-14(2)21-11-15-12-22-24(13-15)19-10-16(20)8-9-18(19)23-27(25,26)17-6-4-3-5-7-17/h3-10,12-14,21,23H,11H2,1-2H3. The quantitative estimate of drug-likeness (QED) is 0.627. The first kappa shape index (κ1) is 19.4. The minimum Gasteiger partial charge on any atom is -0.310 e. The van der Waals surface area contributed by atoms with E-state index >= 15 is 0 Å². The van der Waals surface area contributed by atoms with E-state index in [1.165, 1.54) is 0 Å². The van der Waals surface area contributed by atoms with Crippen LogP contribution in [0.1, 0.15) is 19.4 Å². The second kappa shape index (κ2) is 8.12. The van der Waals surface area contributed by atoms with Gasteiger partial charge in [0.15, 0.2) is 0 Å². The monoisotopic (exact) mass is 404 g/mol. The lowest BCUT2D eigenvalue weighted by atomic mass is 10.2. The Morgan fingerprint density at radius 1 is 1.15 bits per heavy atom. The van der Waals surface area contributed by atoms with Crippen molar-refractivity contribution in [1.82, 2.24) is 15.1 Å². The molecule has 2 aromatic carbocycles. The van der Waals surface area contributed by atoms with Gasteiger partial charge in [0.2, 0.25) is 0 Å². The molecule has 0 unspecified atom stereocenters. The van der Waals surface area contributed by atoms with Crippen molar-refractivity contribution in [2.75, 3.05) is 4.72 Å². The first-order valence-corrected chi connectivity index (χ1v) is 10.4. The number of sulfonamides is 1. The van der Waals surface area contributed by atoms with Gasteiger partial charge in [-0.15, -0.1) is 0 Å². The third-order valence-corrected chi connectivity index (χ3v) is 5.47. The SMILES string of the molecule is CC(C)NCc1cnn(-c2cc(Cl)ccc2NS(=O)(=O)c2ccccc2)c1. The van der Waals surface area contributed by atoms with Gasteiger partial charge in [0.25, 0.3) is 10.0 Å². The third kappa shape index (κ3) is 4.88. The Hall–Kier alpha value is -2.35. The van der Waals surface area contributed by atoms with Gasteiger partial charge in [-0.1, -0.05) is 43.6 Å². The number of hydrogen-bond donors (Lipinski definition) is 2. The molecule has 1 aromatic heterocycles. The molecule has 8 heteroatoms. The highest BCUT2D eigenvalue weighted by Crippen LogP contribution is 2.26. The van der Waals surface area contributed by atoms with Crippen molar-refractivity contribution >= 4 is 27.3 Å². The van der Waals surface area contributed by atoms with Crippen LogP contribution in [-0.2, 0) is 16.6 Å². The summed E-state index contributed by atoms with van der Waals surface area (Å²) in [5.74, 6) is 0. The van der Waals surface area contributed by atoms with Crippen molar-refractivity contribution in [3.63, 3.8) is 0 Å². The molecule has 0 saturated heterocycles. The van der Waals surface area contributed by atoms with Gasteiger partial charge in [0.1, 0.15) is 0 Å². The zero-order valence-electron chi connectivity index (χ0n) is 15.1. The van der Waals surface area contributed by atoms with E-state index in [2.05, 4.69) is 29.0 Å². The molecule has 0 aliphatic heterocycles.